The fourth-order valence-electron chi connectivity index (χ4n) is 4.57. The number of hydrogen-bond donors (Lipinski definition) is 1. The van der Waals surface area contributed by atoms with Crippen molar-refractivity contribution in [2.75, 3.05) is 43.1 Å². The van der Waals surface area contributed by atoms with Crippen LogP contribution in [0.4, 0.5) is 11.5 Å². The van der Waals surface area contributed by atoms with Crippen LogP contribution >= 0.6 is 0 Å². The number of nitrogens with one attached hydrogen (secondary N) is 1. The second-order valence-corrected chi connectivity index (χ2v) is 10.8. The summed E-state index contributed by atoms with van der Waals surface area (Å²) in [5.41, 5.74) is 4.69. The second kappa shape index (κ2) is 9.00. The third kappa shape index (κ3) is 5.08. The molecule has 0 aliphatic carbocycles. The van der Waals surface area contributed by atoms with Crippen molar-refractivity contribution in [3.63, 3.8) is 0 Å². The van der Waals surface area contributed by atoms with Gasteiger partial charge in [0.1, 0.15) is 11.5 Å². The Morgan fingerprint density at radius 1 is 1.09 bits per heavy atom. The molecule has 34 heavy (non-hydrogen) atoms. The molecule has 1 N–H and O–H groups in total. The van der Waals surface area contributed by atoms with Crippen molar-refractivity contribution in [3.05, 3.63) is 54.4 Å². The molecule has 8 nitrogen and oxygen atoms in total. The van der Waals surface area contributed by atoms with Crippen molar-refractivity contribution < 1.29 is 9.47 Å². The molecule has 2 aliphatic heterocycles. The van der Waals surface area contributed by atoms with Crippen LogP contribution < -0.4 is 10.2 Å². The van der Waals surface area contributed by atoms with Crippen LogP contribution in [0.1, 0.15) is 26.3 Å². The molecule has 1 aromatic carbocycles. The standard InChI is InChI=1S/C26H34N6O2/c1-19-11-20(31-15-26(4,16-31)14-28-23-7-5-6-10-27-23)8-9-21(19)22-12-32(30-29-22)13-24-33-17-25(2,3)18-34-24/h5-12,24H,13-18H2,1-4H3,(H,27,28). The molecule has 180 valence electrons. The number of hydrogen-bond acceptors (Lipinski definition) is 7. The lowest BCUT2D eigenvalue weighted by molar-refractivity contribution is -0.227. The van der Waals surface area contributed by atoms with E-state index >= 15 is 0 Å². The lowest BCUT2D eigenvalue weighted by atomic mass is 9.81. The maximum absolute atomic E-state index is 5.83. The van der Waals surface area contributed by atoms with Crippen molar-refractivity contribution in [1.82, 2.24) is 20.0 Å². The third-order valence-electron chi connectivity index (χ3n) is 6.55. The quantitative estimate of drug-likeness (QED) is 0.569. The van der Waals surface area contributed by atoms with Crippen LogP contribution in [0.3, 0.4) is 0 Å². The van der Waals surface area contributed by atoms with E-state index in [1.54, 1.807) is 4.68 Å². The summed E-state index contributed by atoms with van der Waals surface area (Å²) in [4.78, 5) is 6.78. The van der Waals surface area contributed by atoms with Gasteiger partial charge in [-0.15, -0.1) is 5.10 Å². The van der Waals surface area contributed by atoms with E-state index in [2.05, 4.69) is 71.4 Å². The van der Waals surface area contributed by atoms with Crippen LogP contribution in [0, 0.1) is 17.8 Å². The average molecular weight is 463 g/mol. The molecule has 0 amide bonds. The van der Waals surface area contributed by atoms with Gasteiger partial charge in [0.2, 0.25) is 0 Å². The van der Waals surface area contributed by atoms with E-state index in [1.165, 1.54) is 11.3 Å². The molecule has 2 aliphatic rings. The van der Waals surface area contributed by atoms with Crippen LogP contribution in [-0.4, -0.2) is 59.1 Å². The van der Waals surface area contributed by atoms with Gasteiger partial charge in [-0.2, -0.15) is 0 Å². The minimum Gasteiger partial charge on any atom is -0.370 e. The van der Waals surface area contributed by atoms with E-state index < -0.39 is 0 Å². The molecule has 5 rings (SSSR count). The van der Waals surface area contributed by atoms with E-state index in [0.717, 1.165) is 36.7 Å². The number of rotatable bonds is 7. The number of ether oxygens (including phenoxy) is 2. The van der Waals surface area contributed by atoms with Crippen molar-refractivity contribution in [3.8, 4) is 11.3 Å². The third-order valence-corrected chi connectivity index (χ3v) is 6.55. The Kier molecular flexibility index (Phi) is 6.04. The van der Waals surface area contributed by atoms with E-state index in [9.17, 15) is 0 Å². The van der Waals surface area contributed by atoms with Crippen molar-refractivity contribution >= 4 is 11.5 Å². The number of nitrogens with zero attached hydrogens (tertiary/aromatic N) is 5. The van der Waals surface area contributed by atoms with Crippen LogP contribution in [0.2, 0.25) is 0 Å². The maximum Gasteiger partial charge on any atom is 0.177 e. The lowest BCUT2D eigenvalue weighted by Gasteiger charge is -2.49. The molecule has 2 aromatic heterocycles. The zero-order valence-corrected chi connectivity index (χ0v) is 20.5. The summed E-state index contributed by atoms with van der Waals surface area (Å²) in [5, 5.41) is 12.2. The highest BCUT2D eigenvalue weighted by molar-refractivity contribution is 5.67. The zero-order valence-electron chi connectivity index (χ0n) is 20.5. The van der Waals surface area contributed by atoms with E-state index in [4.69, 9.17) is 9.47 Å². The van der Waals surface area contributed by atoms with Gasteiger partial charge in [-0.05, 0) is 36.8 Å². The lowest BCUT2D eigenvalue weighted by Crippen LogP contribution is -2.58. The van der Waals surface area contributed by atoms with Crippen molar-refractivity contribution in [1.29, 1.82) is 0 Å². The van der Waals surface area contributed by atoms with E-state index in [1.807, 2.05) is 30.6 Å². The van der Waals surface area contributed by atoms with Crippen LogP contribution in [-0.2, 0) is 16.0 Å². The first kappa shape index (κ1) is 22.8. The van der Waals surface area contributed by atoms with Gasteiger partial charge in [-0.25, -0.2) is 9.67 Å². The Morgan fingerprint density at radius 3 is 2.59 bits per heavy atom. The first-order valence-corrected chi connectivity index (χ1v) is 11.9. The fraction of sp³-hybridized carbons (Fsp3) is 0.500. The molecule has 0 unspecified atom stereocenters. The van der Waals surface area contributed by atoms with Crippen molar-refractivity contribution in [2.45, 2.75) is 40.5 Å². The summed E-state index contributed by atoms with van der Waals surface area (Å²) >= 11 is 0. The van der Waals surface area contributed by atoms with E-state index in [-0.39, 0.29) is 17.1 Å². The molecule has 0 spiro atoms. The zero-order chi connectivity index (χ0) is 23.8. The van der Waals surface area contributed by atoms with Gasteiger partial charge >= 0.3 is 0 Å². The average Bonchev–Trinajstić information content (AvgIpc) is 3.26. The maximum atomic E-state index is 5.83. The Bertz CT molecular complexity index is 1110. The Hall–Kier alpha value is -2.97. The molecule has 2 fully saturated rings. The summed E-state index contributed by atoms with van der Waals surface area (Å²) in [6.07, 6.45) is 3.51. The van der Waals surface area contributed by atoms with Gasteiger partial charge in [0.15, 0.2) is 6.29 Å². The van der Waals surface area contributed by atoms with Crippen molar-refractivity contribution in [2.24, 2.45) is 10.8 Å². The SMILES string of the molecule is Cc1cc(N2CC(C)(CNc3ccccn3)C2)ccc1-c1cn(CC2OCC(C)(C)CO2)nn1. The molecule has 2 saturated heterocycles. The predicted molar refractivity (Wildman–Crippen MR) is 133 cm³/mol. The summed E-state index contributed by atoms with van der Waals surface area (Å²) in [7, 11) is 0. The van der Waals surface area contributed by atoms with Crippen LogP contribution in [0.5, 0.6) is 0 Å². The summed E-state index contributed by atoms with van der Waals surface area (Å²) in [6, 6.07) is 12.5. The molecule has 4 heterocycles. The monoisotopic (exact) mass is 462 g/mol. The highest BCUT2D eigenvalue weighted by Crippen LogP contribution is 2.36. The number of pyridine rings is 1. The Morgan fingerprint density at radius 2 is 1.88 bits per heavy atom. The van der Waals surface area contributed by atoms with Gasteiger partial charge in [0.05, 0.1) is 26.0 Å². The minimum atomic E-state index is -0.279. The Labute approximate surface area is 201 Å². The number of benzene rings is 1. The number of aromatic nitrogens is 4. The van der Waals surface area contributed by atoms with Gasteiger partial charge < -0.3 is 19.7 Å². The highest BCUT2D eigenvalue weighted by atomic mass is 16.7. The number of aryl methyl sites for hydroxylation is 1. The molecular weight excluding hydrogens is 428 g/mol. The molecule has 3 aromatic rings. The molecule has 0 atom stereocenters. The second-order valence-electron chi connectivity index (χ2n) is 10.8. The molecule has 0 radical (unpaired) electrons. The Balaban J connectivity index is 1.17. The van der Waals surface area contributed by atoms with Gasteiger partial charge in [0.25, 0.3) is 0 Å². The van der Waals surface area contributed by atoms with Crippen LogP contribution in [0.25, 0.3) is 11.3 Å². The summed E-state index contributed by atoms with van der Waals surface area (Å²) < 4.78 is 13.5. The first-order chi connectivity index (χ1) is 16.3. The molecule has 0 saturated carbocycles. The normalized spacial score (nSPS) is 19.6. The minimum absolute atomic E-state index is 0.0619. The largest absolute Gasteiger partial charge is 0.370 e. The smallest absolute Gasteiger partial charge is 0.177 e. The topological polar surface area (TPSA) is 77.3 Å². The fourth-order valence-corrected chi connectivity index (χ4v) is 4.57. The van der Waals surface area contributed by atoms with E-state index in [0.29, 0.717) is 19.8 Å². The van der Waals surface area contributed by atoms with Gasteiger partial charge in [-0.1, -0.05) is 38.1 Å². The molecular formula is C26H34N6O2. The van der Waals surface area contributed by atoms with Gasteiger partial charge in [-0.3, -0.25) is 0 Å². The highest BCUT2D eigenvalue weighted by Gasteiger charge is 2.38. The molecule has 0 bridgehead atoms. The predicted octanol–water partition coefficient (Wildman–Crippen LogP) is 3.99. The molecule has 8 heteroatoms. The first-order valence-electron chi connectivity index (χ1n) is 11.9. The number of anilines is 2. The summed E-state index contributed by atoms with van der Waals surface area (Å²) in [5.74, 6) is 0.931. The van der Waals surface area contributed by atoms with Crippen LogP contribution in [0.15, 0.2) is 48.8 Å². The summed E-state index contributed by atoms with van der Waals surface area (Å²) in [6.45, 7) is 13.6. The van der Waals surface area contributed by atoms with Gasteiger partial charge in [0, 0.05) is 47.9 Å².